The molecule has 0 aliphatic carbocycles. The molecule has 0 radical (unpaired) electrons. The monoisotopic (exact) mass is 361 g/mol. The fraction of sp³-hybridized carbons (Fsp3) is 0.300. The number of halogens is 2. The Morgan fingerprint density at radius 1 is 1.08 bits per heavy atom. The van der Waals surface area contributed by atoms with Crippen molar-refractivity contribution in [2.45, 2.75) is 32.7 Å². The van der Waals surface area contributed by atoms with Crippen molar-refractivity contribution in [2.75, 3.05) is 7.11 Å². The lowest BCUT2D eigenvalue weighted by molar-refractivity contribution is -0.145. The van der Waals surface area contributed by atoms with Crippen molar-refractivity contribution in [3.63, 3.8) is 0 Å². The van der Waals surface area contributed by atoms with E-state index in [1.807, 2.05) is 32.0 Å². The molecule has 0 aliphatic heterocycles. The zero-order valence-electron chi connectivity index (χ0n) is 14.9. The van der Waals surface area contributed by atoms with E-state index in [4.69, 9.17) is 4.74 Å². The minimum Gasteiger partial charge on any atom is -0.467 e. The quantitative estimate of drug-likeness (QED) is 0.805. The van der Waals surface area contributed by atoms with Crippen LogP contribution in [0.1, 0.15) is 22.3 Å². The number of methoxy groups -OCH3 is 1. The molecule has 138 valence electrons. The maximum atomic E-state index is 13.3. The van der Waals surface area contributed by atoms with Gasteiger partial charge in [-0.25, -0.2) is 13.6 Å². The number of amides is 1. The normalized spacial score (nSPS) is 11.7. The number of hydrogen-bond donors (Lipinski definition) is 1. The van der Waals surface area contributed by atoms with Gasteiger partial charge in [0.2, 0.25) is 5.91 Å². The molecular weight excluding hydrogens is 340 g/mol. The Labute approximate surface area is 151 Å². The van der Waals surface area contributed by atoms with E-state index < -0.39 is 29.6 Å². The minimum absolute atomic E-state index is 0.169. The Balaban J connectivity index is 2.13. The summed E-state index contributed by atoms with van der Waals surface area (Å²) < 4.78 is 31.0. The summed E-state index contributed by atoms with van der Waals surface area (Å²) in [5.74, 6) is -3.03. The summed E-state index contributed by atoms with van der Waals surface area (Å²) in [4.78, 5) is 24.3. The molecule has 2 aromatic carbocycles. The second kappa shape index (κ2) is 8.56. The van der Waals surface area contributed by atoms with E-state index in [1.165, 1.54) is 13.2 Å². The van der Waals surface area contributed by atoms with E-state index in [9.17, 15) is 18.4 Å². The number of hydrogen-bond acceptors (Lipinski definition) is 3. The van der Waals surface area contributed by atoms with E-state index in [0.29, 0.717) is 5.56 Å². The van der Waals surface area contributed by atoms with Crippen LogP contribution in [0.4, 0.5) is 8.78 Å². The molecule has 1 atom stereocenters. The summed E-state index contributed by atoms with van der Waals surface area (Å²) >= 11 is 0. The van der Waals surface area contributed by atoms with Gasteiger partial charge in [0.1, 0.15) is 6.04 Å². The highest BCUT2D eigenvalue weighted by Gasteiger charge is 2.23. The smallest absolute Gasteiger partial charge is 0.328 e. The summed E-state index contributed by atoms with van der Waals surface area (Å²) in [6.07, 6.45) is 0.117. The van der Waals surface area contributed by atoms with Gasteiger partial charge < -0.3 is 10.1 Å². The molecule has 0 bridgehead atoms. The third kappa shape index (κ3) is 4.88. The van der Waals surface area contributed by atoms with Gasteiger partial charge in [-0.1, -0.05) is 24.3 Å². The van der Waals surface area contributed by atoms with E-state index in [0.717, 1.165) is 28.8 Å². The number of ether oxygens (including phenoxy) is 1. The van der Waals surface area contributed by atoms with Crippen LogP contribution in [0.3, 0.4) is 0 Å². The van der Waals surface area contributed by atoms with Gasteiger partial charge in [0.15, 0.2) is 11.6 Å². The molecule has 1 amide bonds. The van der Waals surface area contributed by atoms with Gasteiger partial charge in [0.25, 0.3) is 0 Å². The first-order valence-electron chi connectivity index (χ1n) is 8.18. The van der Waals surface area contributed by atoms with Crippen LogP contribution in [0.5, 0.6) is 0 Å². The van der Waals surface area contributed by atoms with Crippen LogP contribution in [-0.2, 0) is 27.2 Å². The molecule has 0 aliphatic rings. The average Bonchev–Trinajstić information content (AvgIpc) is 2.59. The SMILES string of the molecule is COC(=O)[C@H](Cc1c(C)cccc1C)NC(=O)Cc1ccc(F)c(F)c1. The van der Waals surface area contributed by atoms with Crippen molar-refractivity contribution in [1.29, 1.82) is 0 Å². The largest absolute Gasteiger partial charge is 0.467 e. The number of aryl methyl sites for hydroxylation is 2. The van der Waals surface area contributed by atoms with Crippen LogP contribution in [0.25, 0.3) is 0 Å². The molecule has 0 spiro atoms. The van der Waals surface area contributed by atoms with Crippen molar-refractivity contribution >= 4 is 11.9 Å². The summed E-state index contributed by atoms with van der Waals surface area (Å²) in [7, 11) is 1.25. The summed E-state index contributed by atoms with van der Waals surface area (Å²) in [6.45, 7) is 3.86. The van der Waals surface area contributed by atoms with Crippen molar-refractivity contribution < 1.29 is 23.1 Å². The first kappa shape index (κ1) is 19.6. The Hall–Kier alpha value is -2.76. The van der Waals surface area contributed by atoms with E-state index in [2.05, 4.69) is 5.32 Å². The molecule has 2 rings (SSSR count). The number of nitrogens with one attached hydrogen (secondary N) is 1. The summed E-state index contributed by atoms with van der Waals surface area (Å²) in [5, 5.41) is 2.62. The van der Waals surface area contributed by atoms with Crippen molar-refractivity contribution in [3.8, 4) is 0 Å². The maximum absolute atomic E-state index is 13.3. The Kier molecular flexibility index (Phi) is 6.44. The number of carbonyl (C=O) groups excluding carboxylic acids is 2. The van der Waals surface area contributed by atoms with E-state index in [-0.39, 0.29) is 12.8 Å². The van der Waals surface area contributed by atoms with Crippen LogP contribution in [0.15, 0.2) is 36.4 Å². The zero-order chi connectivity index (χ0) is 19.3. The predicted octanol–water partition coefficient (Wildman–Crippen LogP) is 3.02. The fourth-order valence-corrected chi connectivity index (χ4v) is 2.79. The van der Waals surface area contributed by atoms with Crippen LogP contribution in [-0.4, -0.2) is 25.0 Å². The Morgan fingerprint density at radius 2 is 1.73 bits per heavy atom. The first-order chi connectivity index (χ1) is 12.3. The molecule has 4 nitrogen and oxygen atoms in total. The maximum Gasteiger partial charge on any atom is 0.328 e. The van der Waals surface area contributed by atoms with Gasteiger partial charge in [0.05, 0.1) is 13.5 Å². The van der Waals surface area contributed by atoms with Gasteiger partial charge in [0, 0.05) is 6.42 Å². The lowest BCUT2D eigenvalue weighted by atomic mass is 9.96. The van der Waals surface area contributed by atoms with Gasteiger partial charge in [-0.05, 0) is 48.2 Å². The van der Waals surface area contributed by atoms with E-state index >= 15 is 0 Å². The lowest BCUT2D eigenvalue weighted by Gasteiger charge is -2.19. The van der Waals surface area contributed by atoms with E-state index in [1.54, 1.807) is 0 Å². The molecule has 0 fully saturated rings. The molecule has 1 N–H and O–H groups in total. The zero-order valence-corrected chi connectivity index (χ0v) is 14.9. The fourth-order valence-electron chi connectivity index (χ4n) is 2.79. The highest BCUT2D eigenvalue weighted by Crippen LogP contribution is 2.16. The summed E-state index contributed by atoms with van der Waals surface area (Å²) in [5.41, 5.74) is 3.29. The molecule has 0 unspecified atom stereocenters. The number of rotatable bonds is 6. The van der Waals surface area contributed by atoms with Crippen LogP contribution in [0, 0.1) is 25.5 Å². The second-order valence-corrected chi connectivity index (χ2v) is 6.14. The number of carbonyl (C=O) groups is 2. The topological polar surface area (TPSA) is 55.4 Å². The standard InChI is InChI=1S/C20H21F2NO3/c1-12-5-4-6-13(2)15(12)11-18(20(25)26-3)23-19(24)10-14-7-8-16(21)17(22)9-14/h4-9,18H,10-11H2,1-3H3,(H,23,24)/t18-/m0/s1. The molecule has 2 aromatic rings. The number of esters is 1. The molecule has 0 saturated heterocycles. The highest BCUT2D eigenvalue weighted by molar-refractivity contribution is 5.85. The van der Waals surface area contributed by atoms with Crippen LogP contribution >= 0.6 is 0 Å². The van der Waals surface area contributed by atoms with Crippen molar-refractivity contribution in [1.82, 2.24) is 5.32 Å². The molecule has 0 heterocycles. The summed E-state index contributed by atoms with van der Waals surface area (Å²) in [6, 6.07) is 8.18. The highest BCUT2D eigenvalue weighted by atomic mass is 19.2. The molecule has 0 saturated carbocycles. The lowest BCUT2D eigenvalue weighted by Crippen LogP contribution is -2.44. The van der Waals surface area contributed by atoms with Gasteiger partial charge in [-0.3, -0.25) is 4.79 Å². The van der Waals surface area contributed by atoms with Crippen LogP contribution in [0.2, 0.25) is 0 Å². The van der Waals surface area contributed by atoms with Gasteiger partial charge in [-0.15, -0.1) is 0 Å². The Morgan fingerprint density at radius 3 is 2.31 bits per heavy atom. The second-order valence-electron chi connectivity index (χ2n) is 6.14. The van der Waals surface area contributed by atoms with Crippen LogP contribution < -0.4 is 5.32 Å². The van der Waals surface area contributed by atoms with Gasteiger partial charge >= 0.3 is 5.97 Å². The minimum atomic E-state index is -1.02. The van der Waals surface area contributed by atoms with Crippen molar-refractivity contribution in [3.05, 3.63) is 70.3 Å². The predicted molar refractivity (Wildman–Crippen MR) is 93.6 cm³/mol. The molecule has 6 heteroatoms. The number of benzene rings is 2. The molecule has 0 aromatic heterocycles. The third-order valence-corrected chi connectivity index (χ3v) is 4.22. The average molecular weight is 361 g/mol. The first-order valence-corrected chi connectivity index (χ1v) is 8.18. The Bertz CT molecular complexity index is 800. The third-order valence-electron chi connectivity index (χ3n) is 4.22. The van der Waals surface area contributed by atoms with Gasteiger partial charge in [-0.2, -0.15) is 0 Å². The van der Waals surface area contributed by atoms with Crippen molar-refractivity contribution in [2.24, 2.45) is 0 Å². The molecule has 26 heavy (non-hydrogen) atoms. The molecular formula is C20H21F2NO3.